The van der Waals surface area contributed by atoms with Crippen LogP contribution in [0, 0.1) is 0 Å². The van der Waals surface area contributed by atoms with E-state index in [4.69, 9.17) is 4.74 Å². The van der Waals surface area contributed by atoms with E-state index < -0.39 is 0 Å². The molecule has 1 aliphatic heterocycles. The molecule has 5 rings (SSSR count). The van der Waals surface area contributed by atoms with Crippen LogP contribution in [0.3, 0.4) is 0 Å². The summed E-state index contributed by atoms with van der Waals surface area (Å²) in [4.78, 5) is 0. The fraction of sp³-hybridized carbons (Fsp3) is 0.120. The highest BCUT2D eigenvalue weighted by Gasteiger charge is 2.52. The van der Waals surface area contributed by atoms with E-state index in [0.29, 0.717) is 0 Å². The summed E-state index contributed by atoms with van der Waals surface area (Å²) in [6.07, 6.45) is 4.50. The molecule has 0 bridgehead atoms. The van der Waals surface area contributed by atoms with Gasteiger partial charge in [-0.2, -0.15) is 0 Å². The second-order valence-electron chi connectivity index (χ2n) is 6.91. The van der Waals surface area contributed by atoms with Crippen molar-refractivity contribution in [2.45, 2.75) is 19.3 Å². The van der Waals surface area contributed by atoms with Gasteiger partial charge in [0.25, 0.3) is 0 Å². The Morgan fingerprint density at radius 3 is 1.93 bits per heavy atom. The number of ether oxygens (including phenoxy) is 1. The van der Waals surface area contributed by atoms with Crippen molar-refractivity contribution >= 4 is 21.5 Å². The fourth-order valence-electron chi connectivity index (χ4n) is 4.84. The summed E-state index contributed by atoms with van der Waals surface area (Å²) in [7, 11) is 0. The predicted octanol–water partition coefficient (Wildman–Crippen LogP) is 7.25. The van der Waals surface area contributed by atoms with Gasteiger partial charge in [0.2, 0.25) is 0 Å². The maximum absolute atomic E-state index is 6.31. The molecule has 0 saturated heterocycles. The molecule has 0 radical (unpaired) electrons. The van der Waals surface area contributed by atoms with E-state index in [9.17, 15) is 0 Å². The van der Waals surface area contributed by atoms with Gasteiger partial charge in [0.05, 0.1) is 5.41 Å². The lowest BCUT2D eigenvalue weighted by Crippen LogP contribution is -2.32. The maximum atomic E-state index is 6.31. The molecule has 0 saturated carbocycles. The van der Waals surface area contributed by atoms with Crippen LogP contribution in [0.1, 0.15) is 36.1 Å². The molecule has 2 aliphatic rings. The fourth-order valence-corrected chi connectivity index (χ4v) is 5.42. The molecule has 0 N–H and O–H groups in total. The maximum Gasteiger partial charge on any atom is 0.132 e. The van der Waals surface area contributed by atoms with Gasteiger partial charge in [-0.3, -0.25) is 0 Å². The lowest BCUT2D eigenvalue weighted by molar-refractivity contribution is 0.436. The van der Waals surface area contributed by atoms with Gasteiger partial charge >= 0.3 is 0 Å². The minimum atomic E-state index is -0.360. The topological polar surface area (TPSA) is 9.23 Å². The van der Waals surface area contributed by atoms with Crippen molar-refractivity contribution in [3.05, 3.63) is 111 Å². The van der Waals surface area contributed by atoms with Crippen LogP contribution in [0.4, 0.5) is 0 Å². The van der Waals surface area contributed by atoms with Crippen molar-refractivity contribution in [2.24, 2.45) is 0 Å². The van der Waals surface area contributed by atoms with Gasteiger partial charge in [0, 0.05) is 21.2 Å². The van der Waals surface area contributed by atoms with Crippen LogP contribution in [0.5, 0.6) is 11.5 Å². The van der Waals surface area contributed by atoms with Gasteiger partial charge in [0.15, 0.2) is 0 Å². The second kappa shape index (κ2) is 5.97. The number of para-hydroxylation sites is 2. The Labute approximate surface area is 168 Å². The van der Waals surface area contributed by atoms with E-state index in [1.54, 1.807) is 0 Å². The number of rotatable bonds is 0. The minimum Gasteiger partial charge on any atom is -0.457 e. The molecule has 0 aromatic heterocycles. The van der Waals surface area contributed by atoms with E-state index in [2.05, 4.69) is 96.5 Å². The molecule has 1 aliphatic carbocycles. The Hall–Kier alpha value is -2.58. The minimum absolute atomic E-state index is 0.360. The molecule has 3 aromatic carbocycles. The standard InChI is InChI=1S/C25H19BrO/c1-3-16-17(4-2)25(20-12-9-13-21(26)24(16)20)18-10-5-7-14-22(18)27-23-15-8-6-11-19(23)25/h3-15H,1-2H3. The van der Waals surface area contributed by atoms with Gasteiger partial charge < -0.3 is 4.74 Å². The summed E-state index contributed by atoms with van der Waals surface area (Å²) in [5.41, 5.74) is 7.23. The van der Waals surface area contributed by atoms with E-state index in [1.165, 1.54) is 33.4 Å². The number of fused-ring (bicyclic) bond motifs is 6. The number of halogens is 1. The Balaban J connectivity index is 2.03. The SMILES string of the molecule is CC=C1C(=CC)C2(c3ccccc3Oc3ccccc32)c2cccc(Br)c21. The van der Waals surface area contributed by atoms with Gasteiger partial charge in [-0.05, 0) is 48.8 Å². The first-order valence-electron chi connectivity index (χ1n) is 9.23. The quantitative estimate of drug-likeness (QED) is 0.376. The van der Waals surface area contributed by atoms with Crippen LogP contribution in [-0.4, -0.2) is 0 Å². The first kappa shape index (κ1) is 16.6. The highest BCUT2D eigenvalue weighted by atomic mass is 79.9. The van der Waals surface area contributed by atoms with Crippen LogP contribution in [0.25, 0.3) is 5.57 Å². The number of hydrogen-bond donors (Lipinski definition) is 0. The van der Waals surface area contributed by atoms with Gasteiger partial charge in [-0.1, -0.05) is 76.6 Å². The third kappa shape index (κ3) is 1.99. The second-order valence-corrected chi connectivity index (χ2v) is 7.77. The lowest BCUT2D eigenvalue weighted by atomic mass is 9.66. The molecule has 0 unspecified atom stereocenters. The highest BCUT2D eigenvalue weighted by Crippen LogP contribution is 2.63. The van der Waals surface area contributed by atoms with Crippen molar-refractivity contribution in [1.29, 1.82) is 0 Å². The molecule has 0 atom stereocenters. The summed E-state index contributed by atoms with van der Waals surface area (Å²) in [6.45, 7) is 4.26. The zero-order valence-electron chi connectivity index (χ0n) is 15.3. The van der Waals surface area contributed by atoms with Gasteiger partial charge in [0.1, 0.15) is 11.5 Å². The molecule has 3 aromatic rings. The Morgan fingerprint density at radius 2 is 1.33 bits per heavy atom. The highest BCUT2D eigenvalue weighted by molar-refractivity contribution is 9.10. The number of hydrogen-bond acceptors (Lipinski definition) is 1. The Kier molecular flexibility index (Phi) is 3.66. The first-order valence-corrected chi connectivity index (χ1v) is 10.0. The van der Waals surface area contributed by atoms with E-state index in [-0.39, 0.29) is 5.41 Å². The summed E-state index contributed by atoms with van der Waals surface area (Å²) >= 11 is 3.82. The molecule has 2 heteroatoms. The van der Waals surface area contributed by atoms with Crippen molar-refractivity contribution in [1.82, 2.24) is 0 Å². The van der Waals surface area contributed by atoms with Crippen molar-refractivity contribution in [3.8, 4) is 11.5 Å². The predicted molar refractivity (Wildman–Crippen MR) is 114 cm³/mol. The average Bonchev–Trinajstić information content (AvgIpc) is 3.00. The van der Waals surface area contributed by atoms with E-state index in [1.807, 2.05) is 12.1 Å². The van der Waals surface area contributed by atoms with Crippen molar-refractivity contribution < 1.29 is 4.74 Å². The summed E-state index contributed by atoms with van der Waals surface area (Å²) in [6, 6.07) is 23.4. The Morgan fingerprint density at radius 1 is 0.741 bits per heavy atom. The number of benzene rings is 3. The summed E-state index contributed by atoms with van der Waals surface area (Å²) < 4.78 is 7.44. The van der Waals surface area contributed by atoms with Crippen molar-refractivity contribution in [2.75, 3.05) is 0 Å². The van der Waals surface area contributed by atoms with Crippen molar-refractivity contribution in [3.63, 3.8) is 0 Å². The van der Waals surface area contributed by atoms with Crippen LogP contribution in [-0.2, 0) is 5.41 Å². The molecule has 0 amide bonds. The first-order chi connectivity index (χ1) is 13.2. The zero-order chi connectivity index (χ0) is 18.6. The third-order valence-corrected chi connectivity index (χ3v) is 6.42. The number of allylic oxidation sites excluding steroid dienone is 4. The van der Waals surface area contributed by atoms with Gasteiger partial charge in [-0.15, -0.1) is 0 Å². The zero-order valence-corrected chi connectivity index (χ0v) is 16.9. The normalized spacial score (nSPS) is 18.9. The molecular weight excluding hydrogens is 396 g/mol. The van der Waals surface area contributed by atoms with Crippen LogP contribution < -0.4 is 4.74 Å². The smallest absolute Gasteiger partial charge is 0.132 e. The van der Waals surface area contributed by atoms with E-state index >= 15 is 0 Å². The molecule has 0 fully saturated rings. The van der Waals surface area contributed by atoms with Crippen LogP contribution in [0.15, 0.2) is 88.9 Å². The molecule has 27 heavy (non-hydrogen) atoms. The lowest BCUT2D eigenvalue weighted by Gasteiger charge is -2.39. The molecular formula is C25H19BrO. The molecule has 1 spiro atoms. The van der Waals surface area contributed by atoms with Crippen LogP contribution in [0.2, 0.25) is 0 Å². The molecule has 1 heterocycles. The summed E-state index contributed by atoms with van der Waals surface area (Å²) in [5.74, 6) is 1.86. The van der Waals surface area contributed by atoms with Crippen LogP contribution >= 0.6 is 15.9 Å². The third-order valence-electron chi connectivity index (χ3n) is 5.76. The average molecular weight is 415 g/mol. The molecule has 1 nitrogen and oxygen atoms in total. The Bertz CT molecular complexity index is 1090. The monoisotopic (exact) mass is 414 g/mol. The molecule has 132 valence electrons. The van der Waals surface area contributed by atoms with Gasteiger partial charge in [-0.25, -0.2) is 0 Å². The largest absolute Gasteiger partial charge is 0.457 e. The summed E-state index contributed by atoms with van der Waals surface area (Å²) in [5, 5.41) is 0. The van der Waals surface area contributed by atoms with E-state index in [0.717, 1.165) is 16.0 Å².